The van der Waals surface area contributed by atoms with Crippen LogP contribution in [0.1, 0.15) is 23.1 Å². The van der Waals surface area contributed by atoms with Crippen molar-refractivity contribution in [1.82, 2.24) is 0 Å². The molecule has 2 aromatic carbocycles. The lowest BCUT2D eigenvalue weighted by atomic mass is 9.89. The highest BCUT2D eigenvalue weighted by molar-refractivity contribution is 5.66. The molecule has 0 spiro atoms. The Kier molecular flexibility index (Phi) is 3.45. The molecule has 0 aliphatic carbocycles. The second-order valence-corrected chi connectivity index (χ2v) is 5.90. The van der Waals surface area contributed by atoms with Crippen LogP contribution in [0.2, 0.25) is 0 Å². The zero-order chi connectivity index (χ0) is 17.7. The van der Waals surface area contributed by atoms with Gasteiger partial charge in [0.25, 0.3) is 0 Å². The second-order valence-electron chi connectivity index (χ2n) is 5.90. The fourth-order valence-electron chi connectivity index (χ4n) is 3.49. The van der Waals surface area contributed by atoms with E-state index in [0.717, 1.165) is 5.56 Å². The van der Waals surface area contributed by atoms with E-state index in [0.29, 0.717) is 35.2 Å². The molecule has 7 nitrogen and oxygen atoms in total. The van der Waals surface area contributed by atoms with Crippen LogP contribution in [0.3, 0.4) is 0 Å². The summed E-state index contributed by atoms with van der Waals surface area (Å²) >= 11 is 0. The van der Waals surface area contributed by atoms with Gasteiger partial charge in [-0.15, -0.1) is 0 Å². The number of phenolic OH excluding ortho intramolecular Hbond substituents is 2. The monoisotopic (exact) mass is 346 g/mol. The summed E-state index contributed by atoms with van der Waals surface area (Å²) in [6.07, 6.45) is -0.365. The number of methoxy groups -OCH3 is 3. The molecule has 0 bridgehead atoms. The largest absolute Gasteiger partial charge is 0.504 e. The Hall–Kier alpha value is -2.96. The Labute approximate surface area is 144 Å². The zero-order valence-electron chi connectivity index (χ0n) is 14.0. The fraction of sp³-hybridized carbons (Fsp3) is 0.333. The van der Waals surface area contributed by atoms with Crippen molar-refractivity contribution in [2.24, 2.45) is 0 Å². The first-order valence-corrected chi connectivity index (χ1v) is 7.77. The summed E-state index contributed by atoms with van der Waals surface area (Å²) in [5.41, 5.74) is 1.49. The lowest BCUT2D eigenvalue weighted by molar-refractivity contribution is 0.136. The minimum absolute atomic E-state index is 0.0115. The van der Waals surface area contributed by atoms with Crippen molar-refractivity contribution in [3.63, 3.8) is 0 Å². The molecule has 0 radical (unpaired) electrons. The van der Waals surface area contributed by atoms with E-state index in [1.54, 1.807) is 18.2 Å². The lowest BCUT2D eigenvalue weighted by Crippen LogP contribution is -2.23. The minimum Gasteiger partial charge on any atom is -0.504 e. The highest BCUT2D eigenvalue weighted by Gasteiger charge is 2.44. The Morgan fingerprint density at radius 1 is 0.920 bits per heavy atom. The van der Waals surface area contributed by atoms with Gasteiger partial charge in [0.05, 0.1) is 33.9 Å². The van der Waals surface area contributed by atoms with E-state index in [1.807, 2.05) is 0 Å². The molecular formula is C18H18O7. The number of ether oxygens (including phenoxy) is 5. The first-order chi connectivity index (χ1) is 12.1. The normalized spacial score (nSPS) is 19.8. The van der Waals surface area contributed by atoms with Crippen LogP contribution in [0.5, 0.6) is 40.2 Å². The predicted molar refractivity (Wildman–Crippen MR) is 87.5 cm³/mol. The number of fused-ring (bicyclic) bond motifs is 5. The highest BCUT2D eigenvalue weighted by atomic mass is 16.6. The van der Waals surface area contributed by atoms with Crippen molar-refractivity contribution in [2.45, 2.75) is 12.0 Å². The van der Waals surface area contributed by atoms with Gasteiger partial charge in [-0.05, 0) is 12.1 Å². The summed E-state index contributed by atoms with van der Waals surface area (Å²) in [4.78, 5) is 0. The van der Waals surface area contributed by atoms with Gasteiger partial charge in [-0.1, -0.05) is 0 Å². The molecule has 2 atom stereocenters. The summed E-state index contributed by atoms with van der Waals surface area (Å²) in [5, 5.41) is 20.3. The number of phenols is 2. The number of hydrogen-bond acceptors (Lipinski definition) is 7. The standard InChI is InChI=1S/C18H18O7/c1-21-14-6-13-9(5-11(14)19)15-10(7-24-13)8-4-12(20)17(22-2)18(23-3)16(8)25-15/h4-6,10,15,19-20H,7H2,1-3H3/t10-,15-/m0/s1. The van der Waals surface area contributed by atoms with E-state index < -0.39 is 0 Å². The number of rotatable bonds is 3. The molecule has 7 heteroatoms. The van der Waals surface area contributed by atoms with Gasteiger partial charge in [0.2, 0.25) is 11.5 Å². The van der Waals surface area contributed by atoms with Crippen LogP contribution in [0, 0.1) is 0 Å². The van der Waals surface area contributed by atoms with Crippen molar-refractivity contribution < 1.29 is 33.9 Å². The molecule has 0 saturated heterocycles. The SMILES string of the molecule is COc1cc2c(cc1O)[C@@H]1Oc3c(cc(O)c(OC)c3OC)[C@@H]1CO2. The number of hydrogen-bond donors (Lipinski definition) is 2. The molecule has 0 fully saturated rings. The molecule has 2 N–H and O–H groups in total. The van der Waals surface area contributed by atoms with Crippen molar-refractivity contribution in [1.29, 1.82) is 0 Å². The van der Waals surface area contributed by atoms with E-state index in [2.05, 4.69) is 0 Å². The third-order valence-electron chi connectivity index (χ3n) is 4.65. The van der Waals surface area contributed by atoms with Crippen LogP contribution < -0.4 is 23.7 Å². The number of benzene rings is 2. The molecule has 0 saturated carbocycles. The Balaban J connectivity index is 1.84. The van der Waals surface area contributed by atoms with Crippen LogP contribution in [-0.2, 0) is 0 Å². The summed E-state index contributed by atoms with van der Waals surface area (Å²) in [7, 11) is 4.42. The Morgan fingerprint density at radius 2 is 1.64 bits per heavy atom. The van der Waals surface area contributed by atoms with Gasteiger partial charge in [0, 0.05) is 17.2 Å². The average Bonchev–Trinajstić information content (AvgIpc) is 2.98. The van der Waals surface area contributed by atoms with E-state index in [9.17, 15) is 10.2 Å². The molecule has 2 heterocycles. The van der Waals surface area contributed by atoms with Gasteiger partial charge in [-0.2, -0.15) is 0 Å². The topological polar surface area (TPSA) is 86.6 Å². The summed E-state index contributed by atoms with van der Waals surface area (Å²) in [6, 6.07) is 4.84. The van der Waals surface area contributed by atoms with Crippen LogP contribution >= 0.6 is 0 Å². The molecule has 0 unspecified atom stereocenters. The third-order valence-corrected chi connectivity index (χ3v) is 4.65. The average molecular weight is 346 g/mol. The lowest BCUT2D eigenvalue weighted by Gasteiger charge is -2.28. The van der Waals surface area contributed by atoms with E-state index in [4.69, 9.17) is 23.7 Å². The third kappa shape index (κ3) is 2.12. The minimum atomic E-state index is -0.365. The Bertz CT molecular complexity index is 846. The summed E-state index contributed by atoms with van der Waals surface area (Å²) in [6.45, 7) is 0.369. The second kappa shape index (κ2) is 5.54. The maximum atomic E-state index is 10.2. The van der Waals surface area contributed by atoms with E-state index in [1.165, 1.54) is 21.3 Å². The van der Waals surface area contributed by atoms with Crippen molar-refractivity contribution in [2.75, 3.05) is 27.9 Å². The van der Waals surface area contributed by atoms with Crippen molar-refractivity contribution >= 4 is 0 Å². The van der Waals surface area contributed by atoms with E-state index >= 15 is 0 Å². The molecule has 132 valence electrons. The van der Waals surface area contributed by atoms with Gasteiger partial charge in [0.15, 0.2) is 23.0 Å². The number of aromatic hydroxyl groups is 2. The fourth-order valence-corrected chi connectivity index (χ4v) is 3.49. The van der Waals surface area contributed by atoms with Gasteiger partial charge in [-0.3, -0.25) is 0 Å². The maximum absolute atomic E-state index is 10.2. The van der Waals surface area contributed by atoms with Gasteiger partial charge < -0.3 is 33.9 Å². The van der Waals surface area contributed by atoms with Crippen LogP contribution in [-0.4, -0.2) is 38.1 Å². The predicted octanol–water partition coefficient (Wildman–Crippen LogP) is 2.73. The maximum Gasteiger partial charge on any atom is 0.207 e. The highest BCUT2D eigenvalue weighted by Crippen LogP contribution is 2.59. The van der Waals surface area contributed by atoms with E-state index in [-0.39, 0.29) is 29.3 Å². The molecule has 4 rings (SSSR count). The van der Waals surface area contributed by atoms with Crippen LogP contribution in [0.15, 0.2) is 18.2 Å². The first kappa shape index (κ1) is 15.6. The van der Waals surface area contributed by atoms with Gasteiger partial charge in [0.1, 0.15) is 11.9 Å². The first-order valence-electron chi connectivity index (χ1n) is 7.77. The van der Waals surface area contributed by atoms with Crippen LogP contribution in [0.4, 0.5) is 0 Å². The zero-order valence-corrected chi connectivity index (χ0v) is 14.0. The smallest absolute Gasteiger partial charge is 0.207 e. The van der Waals surface area contributed by atoms with Crippen LogP contribution in [0.25, 0.3) is 0 Å². The molecule has 2 aliphatic heterocycles. The summed E-state index contributed by atoms with van der Waals surface area (Å²) < 4.78 is 27.7. The molecule has 0 aromatic heterocycles. The molecule has 0 amide bonds. The molecule has 25 heavy (non-hydrogen) atoms. The van der Waals surface area contributed by atoms with Crippen molar-refractivity contribution in [3.05, 3.63) is 29.3 Å². The molecular weight excluding hydrogens is 328 g/mol. The molecule has 2 aliphatic rings. The van der Waals surface area contributed by atoms with Crippen molar-refractivity contribution in [3.8, 4) is 40.2 Å². The Morgan fingerprint density at radius 3 is 2.32 bits per heavy atom. The van der Waals surface area contributed by atoms with Gasteiger partial charge in [-0.25, -0.2) is 0 Å². The molecule has 2 aromatic rings. The quantitative estimate of drug-likeness (QED) is 0.883. The van der Waals surface area contributed by atoms with Gasteiger partial charge >= 0.3 is 0 Å². The summed E-state index contributed by atoms with van der Waals surface area (Å²) in [5.74, 6) is 1.86.